The fraction of sp³-hybridized carbons (Fsp3) is 0.0169. The molecule has 1 heterocycles. The zero-order valence-electron chi connectivity index (χ0n) is 33.4. The third-order valence-corrected chi connectivity index (χ3v) is 13.9. The van der Waals surface area contributed by atoms with E-state index >= 15 is 0 Å². The molecule has 2 heteroatoms. The Bertz CT molecular complexity index is 3380. The number of benzene rings is 10. The second kappa shape index (κ2) is 14.3. The van der Waals surface area contributed by atoms with E-state index in [1.165, 1.54) is 86.6 Å². The van der Waals surface area contributed by atoms with E-state index < -0.39 is 5.41 Å². The van der Waals surface area contributed by atoms with Crippen molar-refractivity contribution in [1.82, 2.24) is 0 Å². The van der Waals surface area contributed by atoms with Crippen molar-refractivity contribution in [3.05, 3.63) is 259 Å². The van der Waals surface area contributed by atoms with Crippen LogP contribution in [0.5, 0.6) is 0 Å². The number of rotatable bonds is 7. The van der Waals surface area contributed by atoms with Crippen molar-refractivity contribution in [3.8, 4) is 33.4 Å². The third-order valence-electron chi connectivity index (χ3n) is 12.7. The number of anilines is 3. The van der Waals surface area contributed by atoms with Crippen LogP contribution in [-0.4, -0.2) is 0 Å². The van der Waals surface area contributed by atoms with Crippen LogP contribution >= 0.6 is 11.3 Å². The average Bonchev–Trinajstić information content (AvgIpc) is 3.86. The van der Waals surface area contributed by atoms with Gasteiger partial charge in [0.25, 0.3) is 0 Å². The molecule has 0 fully saturated rings. The highest BCUT2D eigenvalue weighted by Gasteiger charge is 2.46. The van der Waals surface area contributed by atoms with Crippen LogP contribution in [0.25, 0.3) is 64.3 Å². The van der Waals surface area contributed by atoms with Gasteiger partial charge in [-0.3, -0.25) is 0 Å². The molecule has 61 heavy (non-hydrogen) atoms. The van der Waals surface area contributed by atoms with E-state index in [4.69, 9.17) is 0 Å². The zero-order valence-corrected chi connectivity index (χ0v) is 34.2. The van der Waals surface area contributed by atoms with Gasteiger partial charge in [-0.15, -0.1) is 11.3 Å². The molecule has 11 aromatic rings. The highest BCUT2D eigenvalue weighted by molar-refractivity contribution is 7.25. The molecular weight excluding hydrogens is 755 g/mol. The summed E-state index contributed by atoms with van der Waals surface area (Å²) >= 11 is 1.87. The van der Waals surface area contributed by atoms with Gasteiger partial charge < -0.3 is 4.90 Å². The summed E-state index contributed by atoms with van der Waals surface area (Å²) in [6.45, 7) is 0. The molecule has 1 nitrogen and oxygen atoms in total. The Labute approximate surface area is 360 Å². The summed E-state index contributed by atoms with van der Waals surface area (Å²) in [7, 11) is 0. The highest BCUT2D eigenvalue weighted by Crippen LogP contribution is 2.57. The summed E-state index contributed by atoms with van der Waals surface area (Å²) in [5.41, 5.74) is 15.3. The molecule has 1 aromatic heterocycles. The van der Waals surface area contributed by atoms with E-state index in [-0.39, 0.29) is 0 Å². The summed E-state index contributed by atoms with van der Waals surface area (Å²) in [5, 5.41) is 5.10. The molecule has 0 saturated carbocycles. The first-order valence-corrected chi connectivity index (χ1v) is 21.8. The van der Waals surface area contributed by atoms with Crippen LogP contribution in [0.1, 0.15) is 22.3 Å². The van der Waals surface area contributed by atoms with Gasteiger partial charge in [-0.1, -0.05) is 188 Å². The van der Waals surface area contributed by atoms with Crippen molar-refractivity contribution in [2.45, 2.75) is 5.41 Å². The molecule has 1 aliphatic carbocycles. The van der Waals surface area contributed by atoms with Crippen LogP contribution in [0.2, 0.25) is 0 Å². The maximum absolute atomic E-state index is 2.48. The van der Waals surface area contributed by atoms with Gasteiger partial charge in [-0.25, -0.2) is 0 Å². The molecular formula is C59H39NS. The first kappa shape index (κ1) is 35.4. The van der Waals surface area contributed by atoms with Crippen molar-refractivity contribution in [2.24, 2.45) is 0 Å². The van der Waals surface area contributed by atoms with Crippen LogP contribution in [0.3, 0.4) is 0 Å². The molecule has 10 aromatic carbocycles. The van der Waals surface area contributed by atoms with Gasteiger partial charge >= 0.3 is 0 Å². The predicted octanol–water partition coefficient (Wildman–Crippen LogP) is 16.4. The SMILES string of the molecule is c1ccc(C2(c3ccccc3)c3ccccc3-c3ccc(N(c4ccc(-c5ccc6ccccc6c5)cc4)c4ccccc4-c4cccc5sc6ccccc6c45)cc32)cc1. The number of fused-ring (bicyclic) bond motifs is 7. The summed E-state index contributed by atoms with van der Waals surface area (Å²) < 4.78 is 2.60. The van der Waals surface area contributed by atoms with Crippen molar-refractivity contribution >= 4 is 59.3 Å². The Morgan fingerprint density at radius 3 is 1.74 bits per heavy atom. The molecule has 0 saturated heterocycles. The summed E-state index contributed by atoms with van der Waals surface area (Å²) in [6, 6.07) is 87.4. The van der Waals surface area contributed by atoms with Crippen LogP contribution in [0, 0.1) is 0 Å². The third kappa shape index (κ3) is 5.60. The van der Waals surface area contributed by atoms with Crippen LogP contribution < -0.4 is 4.90 Å². The molecule has 1 aliphatic rings. The molecule has 0 atom stereocenters. The van der Waals surface area contributed by atoms with E-state index in [1.807, 2.05) is 11.3 Å². The highest BCUT2D eigenvalue weighted by atomic mass is 32.1. The lowest BCUT2D eigenvalue weighted by molar-refractivity contribution is 0.768. The lowest BCUT2D eigenvalue weighted by Gasteiger charge is -2.35. The second-order valence-electron chi connectivity index (χ2n) is 16.0. The predicted molar refractivity (Wildman–Crippen MR) is 260 cm³/mol. The smallest absolute Gasteiger partial charge is 0.0714 e. The van der Waals surface area contributed by atoms with Crippen LogP contribution in [0.15, 0.2) is 237 Å². The van der Waals surface area contributed by atoms with Crippen molar-refractivity contribution < 1.29 is 0 Å². The maximum atomic E-state index is 2.48. The summed E-state index contributed by atoms with van der Waals surface area (Å²) in [4.78, 5) is 2.48. The van der Waals surface area contributed by atoms with Crippen LogP contribution in [0.4, 0.5) is 17.1 Å². The molecule has 0 aliphatic heterocycles. The molecule has 0 radical (unpaired) electrons. The molecule has 0 bridgehead atoms. The van der Waals surface area contributed by atoms with E-state index in [1.54, 1.807) is 0 Å². The van der Waals surface area contributed by atoms with Gasteiger partial charge in [-0.2, -0.15) is 0 Å². The summed E-state index contributed by atoms with van der Waals surface area (Å²) in [6.07, 6.45) is 0. The minimum Gasteiger partial charge on any atom is -0.310 e. The van der Waals surface area contributed by atoms with Gasteiger partial charge in [-0.05, 0) is 109 Å². The van der Waals surface area contributed by atoms with E-state index in [9.17, 15) is 0 Å². The topological polar surface area (TPSA) is 3.24 Å². The number of nitrogens with zero attached hydrogens (tertiary/aromatic N) is 1. The molecule has 12 rings (SSSR count). The lowest BCUT2D eigenvalue weighted by Crippen LogP contribution is -2.28. The van der Waals surface area contributed by atoms with E-state index in [2.05, 4.69) is 241 Å². The van der Waals surface area contributed by atoms with Gasteiger partial charge in [0.15, 0.2) is 0 Å². The summed E-state index contributed by atoms with van der Waals surface area (Å²) in [5.74, 6) is 0. The van der Waals surface area contributed by atoms with E-state index in [0.717, 1.165) is 17.1 Å². The fourth-order valence-electron chi connectivity index (χ4n) is 10.1. The largest absolute Gasteiger partial charge is 0.310 e. The lowest BCUT2D eigenvalue weighted by atomic mass is 9.67. The number of hydrogen-bond acceptors (Lipinski definition) is 2. The second-order valence-corrected chi connectivity index (χ2v) is 17.1. The van der Waals surface area contributed by atoms with E-state index in [0.29, 0.717) is 0 Å². The normalized spacial score (nSPS) is 12.7. The average molecular weight is 794 g/mol. The minimum atomic E-state index is -0.517. The van der Waals surface area contributed by atoms with Gasteiger partial charge in [0.05, 0.1) is 11.1 Å². The fourth-order valence-corrected chi connectivity index (χ4v) is 11.2. The monoisotopic (exact) mass is 793 g/mol. The first-order chi connectivity index (χ1) is 30.3. The molecule has 0 amide bonds. The molecule has 286 valence electrons. The maximum Gasteiger partial charge on any atom is 0.0714 e. The Kier molecular flexibility index (Phi) is 8.33. The van der Waals surface area contributed by atoms with Crippen molar-refractivity contribution in [3.63, 3.8) is 0 Å². The first-order valence-electron chi connectivity index (χ1n) is 21.0. The molecule has 0 N–H and O–H groups in total. The van der Waals surface area contributed by atoms with Crippen molar-refractivity contribution in [1.29, 1.82) is 0 Å². The number of thiophene rings is 1. The molecule has 0 spiro atoms. The molecule has 0 unspecified atom stereocenters. The Morgan fingerprint density at radius 2 is 0.934 bits per heavy atom. The van der Waals surface area contributed by atoms with Crippen molar-refractivity contribution in [2.75, 3.05) is 4.90 Å². The Hall–Kier alpha value is -7.52. The Morgan fingerprint density at radius 1 is 0.344 bits per heavy atom. The Balaban J connectivity index is 1.11. The van der Waals surface area contributed by atoms with Crippen LogP contribution in [-0.2, 0) is 5.41 Å². The number of para-hydroxylation sites is 1. The van der Waals surface area contributed by atoms with Gasteiger partial charge in [0.1, 0.15) is 0 Å². The quantitative estimate of drug-likeness (QED) is 0.155. The number of hydrogen-bond donors (Lipinski definition) is 0. The standard InChI is InChI=1S/C59H39NS/c1-3-18-44(19-4-1)59(45-20-5-2-6-21-45)53-26-12-9-22-48(53)49-37-36-47(39-54(49)59)60(46-34-32-41(33-35-46)43-31-30-40-16-7-8-17-42(40)38-43)55-27-13-10-23-50(55)51-25-15-29-57-58(51)52-24-11-14-28-56(52)61-57/h1-39H. The van der Waals surface area contributed by atoms with Gasteiger partial charge in [0, 0.05) is 37.1 Å². The minimum absolute atomic E-state index is 0.517. The zero-order chi connectivity index (χ0) is 40.3. The van der Waals surface area contributed by atoms with Gasteiger partial charge in [0.2, 0.25) is 0 Å².